The van der Waals surface area contributed by atoms with Crippen LogP contribution in [0, 0.1) is 10.1 Å². The van der Waals surface area contributed by atoms with E-state index in [0.29, 0.717) is 0 Å². The number of nitro groups is 1. The number of rotatable bonds is 1. The Kier molecular flexibility index (Phi) is 2.24. The summed E-state index contributed by atoms with van der Waals surface area (Å²) < 4.78 is 4.77. The molecule has 1 aliphatic heterocycles. The zero-order chi connectivity index (χ0) is 11.9. The zero-order valence-electron chi connectivity index (χ0n) is 7.51. The molecule has 0 bridgehead atoms. The summed E-state index contributed by atoms with van der Waals surface area (Å²) >= 11 is 5.61. The number of Topliss-reactive ketones (excluding diaryl/α,β-unsaturated/α-hetero) is 1. The molecule has 1 aromatic carbocycles. The van der Waals surface area contributed by atoms with Crippen molar-refractivity contribution in [3.63, 3.8) is 0 Å². The molecule has 0 amide bonds. The van der Waals surface area contributed by atoms with Crippen LogP contribution in [0.15, 0.2) is 17.3 Å². The summed E-state index contributed by atoms with van der Waals surface area (Å²) in [5.41, 5.74) is -0.540. The van der Waals surface area contributed by atoms with Gasteiger partial charge in [-0.05, 0) is 11.2 Å². The second-order valence-electron chi connectivity index (χ2n) is 2.90. The molecule has 2 rings (SSSR count). The van der Waals surface area contributed by atoms with Crippen LogP contribution < -0.4 is 4.74 Å². The Bertz CT molecular complexity index is 539. The Morgan fingerprint density at radius 1 is 1.50 bits per heavy atom. The van der Waals surface area contributed by atoms with E-state index in [1.807, 2.05) is 0 Å². The minimum atomic E-state index is -0.747. The van der Waals surface area contributed by atoms with Crippen LogP contribution in [0.1, 0.15) is 10.4 Å². The Morgan fingerprint density at radius 2 is 2.19 bits per heavy atom. The number of nitrogens with zero attached hydrogens (tertiary/aromatic N) is 2. The number of fused-ring (bicyclic) bond motifs is 1. The number of carbonyl (C=O) groups excluding carboxylic acids is 1. The molecule has 1 heterocycles. The lowest BCUT2D eigenvalue weighted by atomic mass is 10.1. The van der Waals surface area contributed by atoms with Gasteiger partial charge in [-0.2, -0.15) is 0 Å². The van der Waals surface area contributed by atoms with E-state index >= 15 is 0 Å². The topological polar surface area (TPSA) is 102 Å². The third-order valence-corrected chi connectivity index (χ3v) is 2.18. The van der Waals surface area contributed by atoms with Crippen LogP contribution in [0.5, 0.6) is 5.75 Å². The molecule has 0 aliphatic carbocycles. The molecule has 0 saturated heterocycles. The molecule has 82 valence electrons. The van der Waals surface area contributed by atoms with Crippen LogP contribution in [-0.2, 0) is 0 Å². The molecule has 0 aromatic heterocycles. The second-order valence-corrected chi connectivity index (χ2v) is 3.33. The van der Waals surface area contributed by atoms with Crippen LogP contribution in [0.3, 0.4) is 0 Å². The average molecular weight is 243 g/mol. The molecule has 1 aromatic rings. The second kappa shape index (κ2) is 3.46. The lowest BCUT2D eigenvalue weighted by Crippen LogP contribution is -2.11. The predicted octanol–water partition coefficient (Wildman–Crippen LogP) is 1.61. The van der Waals surface area contributed by atoms with Crippen molar-refractivity contribution in [3.05, 3.63) is 32.8 Å². The highest BCUT2D eigenvalue weighted by molar-refractivity contribution is 6.47. The van der Waals surface area contributed by atoms with Crippen molar-refractivity contribution >= 4 is 29.0 Å². The minimum Gasteiger partial charge on any atom is -0.426 e. The van der Waals surface area contributed by atoms with Crippen LogP contribution >= 0.6 is 11.6 Å². The number of ether oxygens (including phenoxy) is 1. The van der Waals surface area contributed by atoms with E-state index < -0.39 is 22.3 Å². The van der Waals surface area contributed by atoms with Gasteiger partial charge >= 0.3 is 11.6 Å². The van der Waals surface area contributed by atoms with Gasteiger partial charge in [0.05, 0.1) is 10.5 Å². The Balaban J connectivity index is 2.70. The molecule has 0 atom stereocenters. The summed E-state index contributed by atoms with van der Waals surface area (Å²) in [5.74, 6) is -1.62. The molecule has 8 heteroatoms. The molecule has 0 fully saturated rings. The SMILES string of the molecule is O=C1C(=NO)Oc2c1cc(Cl)cc2[N+](=O)[O-]. The first-order chi connectivity index (χ1) is 7.54. The number of oxime groups is 1. The quantitative estimate of drug-likeness (QED) is 0.458. The molecule has 0 radical (unpaired) electrons. The standard InChI is InChI=1S/C8H3ClN2O5/c9-3-1-4-6(12)8(10-13)16-7(4)5(2-3)11(14)15/h1-2,13H. The van der Waals surface area contributed by atoms with E-state index in [1.54, 1.807) is 0 Å². The Labute approximate surface area is 93.0 Å². The number of halogens is 1. The van der Waals surface area contributed by atoms with Gasteiger partial charge in [-0.1, -0.05) is 11.6 Å². The van der Waals surface area contributed by atoms with E-state index in [2.05, 4.69) is 5.16 Å². The monoisotopic (exact) mass is 242 g/mol. The molecular formula is C8H3ClN2O5. The highest BCUT2D eigenvalue weighted by atomic mass is 35.5. The first-order valence-electron chi connectivity index (χ1n) is 3.97. The zero-order valence-corrected chi connectivity index (χ0v) is 8.26. The number of hydrogen-bond acceptors (Lipinski definition) is 6. The fourth-order valence-corrected chi connectivity index (χ4v) is 1.53. The number of nitro benzene ring substituents is 1. The van der Waals surface area contributed by atoms with Crippen LogP contribution in [0.4, 0.5) is 5.69 Å². The fourth-order valence-electron chi connectivity index (χ4n) is 1.31. The molecule has 1 N–H and O–H groups in total. The van der Waals surface area contributed by atoms with Crippen molar-refractivity contribution in [1.29, 1.82) is 0 Å². The normalized spacial score (nSPS) is 16.1. The fraction of sp³-hybridized carbons (Fsp3) is 0. The Morgan fingerprint density at radius 3 is 2.75 bits per heavy atom. The van der Waals surface area contributed by atoms with Gasteiger partial charge in [0.1, 0.15) is 0 Å². The van der Waals surface area contributed by atoms with Crippen molar-refractivity contribution in [3.8, 4) is 5.75 Å². The molecule has 1 aliphatic rings. The van der Waals surface area contributed by atoms with Crippen LogP contribution in [-0.4, -0.2) is 21.8 Å². The summed E-state index contributed by atoms with van der Waals surface area (Å²) in [4.78, 5) is 21.4. The molecular weight excluding hydrogens is 240 g/mol. The number of ketones is 1. The lowest BCUT2D eigenvalue weighted by Gasteiger charge is -1.98. The third-order valence-electron chi connectivity index (χ3n) is 1.96. The van der Waals surface area contributed by atoms with Crippen LogP contribution in [0.2, 0.25) is 5.02 Å². The minimum absolute atomic E-state index is 0.0292. The molecule has 0 saturated carbocycles. The first kappa shape index (κ1) is 10.4. The summed E-state index contributed by atoms with van der Waals surface area (Å²) in [6.45, 7) is 0. The highest BCUT2D eigenvalue weighted by Crippen LogP contribution is 2.38. The number of benzene rings is 1. The lowest BCUT2D eigenvalue weighted by molar-refractivity contribution is -0.385. The van der Waals surface area contributed by atoms with E-state index in [-0.39, 0.29) is 16.3 Å². The summed E-state index contributed by atoms with van der Waals surface area (Å²) in [6, 6.07) is 2.26. The smallest absolute Gasteiger partial charge is 0.313 e. The molecule has 0 unspecified atom stereocenters. The van der Waals surface area contributed by atoms with Gasteiger partial charge in [0.25, 0.3) is 5.78 Å². The Hall–Kier alpha value is -2.15. The van der Waals surface area contributed by atoms with Crippen molar-refractivity contribution in [2.24, 2.45) is 5.16 Å². The predicted molar refractivity (Wildman–Crippen MR) is 52.3 cm³/mol. The first-order valence-corrected chi connectivity index (χ1v) is 4.35. The van der Waals surface area contributed by atoms with Crippen molar-refractivity contribution < 1.29 is 19.7 Å². The molecule has 16 heavy (non-hydrogen) atoms. The van der Waals surface area contributed by atoms with Crippen LogP contribution in [0.25, 0.3) is 0 Å². The summed E-state index contributed by atoms with van der Waals surface area (Å²) in [7, 11) is 0. The summed E-state index contributed by atoms with van der Waals surface area (Å²) in [6.07, 6.45) is 0. The summed E-state index contributed by atoms with van der Waals surface area (Å²) in [5, 5.41) is 21.7. The maximum absolute atomic E-state index is 11.5. The molecule has 0 spiro atoms. The van der Waals surface area contributed by atoms with Gasteiger partial charge in [0, 0.05) is 11.1 Å². The number of carbonyl (C=O) groups is 1. The van der Waals surface area contributed by atoms with Gasteiger partial charge in [0.2, 0.25) is 5.75 Å². The van der Waals surface area contributed by atoms with E-state index in [9.17, 15) is 14.9 Å². The van der Waals surface area contributed by atoms with E-state index in [4.69, 9.17) is 21.5 Å². The van der Waals surface area contributed by atoms with Gasteiger partial charge < -0.3 is 9.94 Å². The molecule has 7 nitrogen and oxygen atoms in total. The van der Waals surface area contributed by atoms with Crippen molar-refractivity contribution in [1.82, 2.24) is 0 Å². The van der Waals surface area contributed by atoms with Gasteiger partial charge in [-0.3, -0.25) is 14.9 Å². The van der Waals surface area contributed by atoms with E-state index in [0.717, 1.165) is 6.07 Å². The highest BCUT2D eigenvalue weighted by Gasteiger charge is 2.36. The maximum Gasteiger partial charge on any atom is 0.313 e. The third kappa shape index (κ3) is 1.38. The van der Waals surface area contributed by atoms with Gasteiger partial charge in [0.15, 0.2) is 0 Å². The average Bonchev–Trinajstić information content (AvgIpc) is 2.55. The van der Waals surface area contributed by atoms with Crippen molar-refractivity contribution in [2.75, 3.05) is 0 Å². The maximum atomic E-state index is 11.5. The van der Waals surface area contributed by atoms with Gasteiger partial charge in [-0.25, -0.2) is 0 Å². The van der Waals surface area contributed by atoms with Crippen molar-refractivity contribution in [2.45, 2.75) is 0 Å². The largest absolute Gasteiger partial charge is 0.426 e. The number of hydrogen-bond donors (Lipinski definition) is 1. The van der Waals surface area contributed by atoms with E-state index in [1.165, 1.54) is 6.07 Å². The van der Waals surface area contributed by atoms with Gasteiger partial charge in [-0.15, -0.1) is 0 Å².